The van der Waals surface area contributed by atoms with Crippen molar-refractivity contribution in [3.8, 4) is 0 Å². The van der Waals surface area contributed by atoms with Crippen molar-refractivity contribution in [2.24, 2.45) is 0 Å². The molecule has 0 aromatic heterocycles. The van der Waals surface area contributed by atoms with Crippen LogP contribution in [0.2, 0.25) is 0 Å². The summed E-state index contributed by atoms with van der Waals surface area (Å²) in [6.45, 7) is 8.44. The zero-order valence-electron chi connectivity index (χ0n) is 6.99. The van der Waals surface area contributed by atoms with E-state index in [1.165, 1.54) is 0 Å². The van der Waals surface area contributed by atoms with Crippen LogP contribution in [-0.2, 0) is 9.84 Å². The SMILES string of the molecule is C=CC(=C)N1CCS(=O)(=O)CC1. The maximum atomic E-state index is 11.0. The fourth-order valence-electron chi connectivity index (χ4n) is 1.13. The van der Waals surface area contributed by atoms with Crippen molar-refractivity contribution in [2.45, 2.75) is 0 Å². The van der Waals surface area contributed by atoms with Gasteiger partial charge in [0.25, 0.3) is 0 Å². The number of hydrogen-bond donors (Lipinski definition) is 0. The average molecular weight is 187 g/mol. The molecule has 0 radical (unpaired) electrons. The standard InChI is InChI=1S/C8H13NO2S/c1-3-8(2)9-4-6-12(10,11)7-5-9/h3H,1-2,4-7H2. The fourth-order valence-corrected chi connectivity index (χ4v) is 2.33. The normalized spacial score (nSPS) is 21.8. The number of sulfone groups is 1. The molecule has 12 heavy (non-hydrogen) atoms. The maximum absolute atomic E-state index is 11.0. The van der Waals surface area contributed by atoms with Crippen LogP contribution in [0.4, 0.5) is 0 Å². The van der Waals surface area contributed by atoms with Gasteiger partial charge in [-0.25, -0.2) is 8.42 Å². The molecule has 3 nitrogen and oxygen atoms in total. The molecule has 1 heterocycles. The highest BCUT2D eigenvalue weighted by Gasteiger charge is 2.20. The smallest absolute Gasteiger partial charge is 0.153 e. The summed E-state index contributed by atoms with van der Waals surface area (Å²) in [6, 6.07) is 0. The predicted octanol–water partition coefficient (Wildman–Crippen LogP) is 0.417. The molecule has 0 saturated carbocycles. The van der Waals surface area contributed by atoms with Gasteiger partial charge in [0.1, 0.15) is 0 Å². The summed E-state index contributed by atoms with van der Waals surface area (Å²) >= 11 is 0. The zero-order chi connectivity index (χ0) is 9.19. The van der Waals surface area contributed by atoms with E-state index in [1.807, 2.05) is 4.90 Å². The Morgan fingerprint density at radius 2 is 1.83 bits per heavy atom. The lowest BCUT2D eigenvalue weighted by molar-refractivity contribution is 0.382. The van der Waals surface area contributed by atoms with Gasteiger partial charge in [-0.1, -0.05) is 13.2 Å². The minimum Gasteiger partial charge on any atom is -0.370 e. The number of allylic oxidation sites excluding steroid dienone is 1. The first-order valence-electron chi connectivity index (χ1n) is 3.82. The van der Waals surface area contributed by atoms with E-state index in [-0.39, 0.29) is 11.5 Å². The van der Waals surface area contributed by atoms with Crippen LogP contribution in [0.5, 0.6) is 0 Å². The molecule has 1 aliphatic heterocycles. The van der Waals surface area contributed by atoms with E-state index in [1.54, 1.807) is 6.08 Å². The lowest BCUT2D eigenvalue weighted by Gasteiger charge is -2.28. The molecule has 0 spiro atoms. The van der Waals surface area contributed by atoms with Crippen LogP contribution in [0.1, 0.15) is 0 Å². The van der Waals surface area contributed by atoms with Crippen molar-refractivity contribution in [1.82, 2.24) is 4.90 Å². The Morgan fingerprint density at radius 1 is 1.33 bits per heavy atom. The summed E-state index contributed by atoms with van der Waals surface area (Å²) in [5.74, 6) is 0.472. The molecule has 1 saturated heterocycles. The van der Waals surface area contributed by atoms with Gasteiger partial charge in [-0.05, 0) is 6.08 Å². The third-order valence-electron chi connectivity index (χ3n) is 1.99. The molecule has 0 bridgehead atoms. The molecule has 0 atom stereocenters. The third-order valence-corrected chi connectivity index (χ3v) is 3.60. The highest BCUT2D eigenvalue weighted by atomic mass is 32.2. The molecule has 0 aliphatic carbocycles. The molecule has 0 unspecified atom stereocenters. The van der Waals surface area contributed by atoms with E-state index in [9.17, 15) is 8.42 Å². The maximum Gasteiger partial charge on any atom is 0.153 e. The summed E-state index contributed by atoms with van der Waals surface area (Å²) in [4.78, 5) is 1.94. The van der Waals surface area contributed by atoms with Crippen molar-refractivity contribution in [3.63, 3.8) is 0 Å². The van der Waals surface area contributed by atoms with Crippen molar-refractivity contribution < 1.29 is 8.42 Å². The topological polar surface area (TPSA) is 37.4 Å². The van der Waals surface area contributed by atoms with Gasteiger partial charge in [0.05, 0.1) is 11.5 Å². The van der Waals surface area contributed by atoms with Crippen LogP contribution in [-0.4, -0.2) is 37.9 Å². The Balaban J connectivity index is 2.57. The van der Waals surface area contributed by atoms with Crippen LogP contribution < -0.4 is 0 Å². The van der Waals surface area contributed by atoms with Crippen molar-refractivity contribution >= 4 is 9.84 Å². The number of hydrogen-bond acceptors (Lipinski definition) is 3. The summed E-state index contributed by atoms with van der Waals surface area (Å²) < 4.78 is 22.0. The van der Waals surface area contributed by atoms with Crippen LogP contribution in [0.3, 0.4) is 0 Å². The second-order valence-electron chi connectivity index (χ2n) is 2.83. The summed E-state index contributed by atoms with van der Waals surface area (Å²) in [6.07, 6.45) is 1.65. The summed E-state index contributed by atoms with van der Waals surface area (Å²) in [5.41, 5.74) is 0.810. The second kappa shape index (κ2) is 3.31. The van der Waals surface area contributed by atoms with E-state index in [0.717, 1.165) is 5.70 Å². The van der Waals surface area contributed by atoms with E-state index < -0.39 is 9.84 Å². The van der Waals surface area contributed by atoms with E-state index in [2.05, 4.69) is 13.2 Å². The molecule has 4 heteroatoms. The quantitative estimate of drug-likeness (QED) is 0.588. The van der Waals surface area contributed by atoms with Gasteiger partial charge in [-0.15, -0.1) is 0 Å². The Morgan fingerprint density at radius 3 is 2.25 bits per heavy atom. The predicted molar refractivity (Wildman–Crippen MR) is 49.6 cm³/mol. The zero-order valence-corrected chi connectivity index (χ0v) is 7.81. The van der Waals surface area contributed by atoms with Gasteiger partial charge in [-0.2, -0.15) is 0 Å². The minimum atomic E-state index is -2.77. The first-order chi connectivity index (χ1) is 5.55. The van der Waals surface area contributed by atoms with Gasteiger partial charge in [0.2, 0.25) is 0 Å². The van der Waals surface area contributed by atoms with Crippen molar-refractivity contribution in [2.75, 3.05) is 24.6 Å². The van der Waals surface area contributed by atoms with Crippen LogP contribution >= 0.6 is 0 Å². The molecule has 68 valence electrons. The summed E-state index contributed by atoms with van der Waals surface area (Å²) in [7, 11) is -2.77. The molecule has 1 rings (SSSR count). The Kier molecular flexibility index (Phi) is 2.57. The molecule has 0 aromatic carbocycles. The van der Waals surface area contributed by atoms with Crippen LogP contribution in [0.25, 0.3) is 0 Å². The lowest BCUT2D eigenvalue weighted by atomic mass is 10.4. The monoisotopic (exact) mass is 187 g/mol. The number of rotatable bonds is 2. The van der Waals surface area contributed by atoms with Crippen molar-refractivity contribution in [3.05, 3.63) is 24.9 Å². The highest BCUT2D eigenvalue weighted by Crippen LogP contribution is 2.09. The van der Waals surface area contributed by atoms with Crippen molar-refractivity contribution in [1.29, 1.82) is 0 Å². The fraction of sp³-hybridized carbons (Fsp3) is 0.500. The Hall–Kier alpha value is -0.770. The number of nitrogens with zero attached hydrogens (tertiary/aromatic N) is 1. The van der Waals surface area contributed by atoms with Gasteiger partial charge in [0.15, 0.2) is 9.84 Å². The molecule has 1 fully saturated rings. The minimum absolute atomic E-state index is 0.236. The van der Waals surface area contributed by atoms with Gasteiger partial charge in [0, 0.05) is 18.8 Å². The highest BCUT2D eigenvalue weighted by molar-refractivity contribution is 7.91. The second-order valence-corrected chi connectivity index (χ2v) is 5.14. The molecular weight excluding hydrogens is 174 g/mol. The first-order valence-corrected chi connectivity index (χ1v) is 5.64. The molecular formula is C8H13NO2S. The van der Waals surface area contributed by atoms with E-state index in [0.29, 0.717) is 13.1 Å². The average Bonchev–Trinajstić information content (AvgIpc) is 2.03. The summed E-state index contributed by atoms with van der Waals surface area (Å²) in [5, 5.41) is 0. The molecule has 1 aliphatic rings. The Labute approximate surface area is 73.3 Å². The van der Waals surface area contributed by atoms with Gasteiger partial charge in [-0.3, -0.25) is 0 Å². The largest absolute Gasteiger partial charge is 0.370 e. The third kappa shape index (κ3) is 2.11. The lowest BCUT2D eigenvalue weighted by Crippen LogP contribution is -2.38. The molecule has 0 aromatic rings. The molecule has 0 N–H and O–H groups in total. The van der Waals surface area contributed by atoms with Gasteiger partial charge >= 0.3 is 0 Å². The van der Waals surface area contributed by atoms with E-state index >= 15 is 0 Å². The van der Waals surface area contributed by atoms with Crippen LogP contribution in [0.15, 0.2) is 24.9 Å². The Bertz CT molecular complexity index is 278. The van der Waals surface area contributed by atoms with E-state index in [4.69, 9.17) is 0 Å². The van der Waals surface area contributed by atoms with Gasteiger partial charge < -0.3 is 4.90 Å². The first kappa shape index (κ1) is 9.32. The molecule has 0 amide bonds. The van der Waals surface area contributed by atoms with Crippen LogP contribution in [0, 0.1) is 0 Å².